The molecule has 0 saturated carbocycles. The fourth-order valence-corrected chi connectivity index (χ4v) is 3.40. The molecule has 126 valence electrons. The van der Waals surface area contributed by atoms with Crippen molar-refractivity contribution in [2.24, 2.45) is 0 Å². The molecule has 1 aromatic carbocycles. The smallest absolute Gasteiger partial charge is 0.236 e. The van der Waals surface area contributed by atoms with Gasteiger partial charge in [-0.3, -0.25) is 4.79 Å². The van der Waals surface area contributed by atoms with Crippen LogP contribution >= 0.6 is 11.6 Å². The van der Waals surface area contributed by atoms with Crippen LogP contribution in [0.5, 0.6) is 0 Å². The highest BCUT2D eigenvalue weighted by atomic mass is 35.5. The minimum absolute atomic E-state index is 0.176. The van der Waals surface area contributed by atoms with Gasteiger partial charge in [0.2, 0.25) is 5.91 Å². The van der Waals surface area contributed by atoms with Gasteiger partial charge in [0, 0.05) is 49.5 Å². The van der Waals surface area contributed by atoms with Gasteiger partial charge < -0.3 is 19.9 Å². The lowest BCUT2D eigenvalue weighted by Crippen LogP contribution is -2.52. The summed E-state index contributed by atoms with van der Waals surface area (Å²) in [5.41, 5.74) is 1.12. The number of hydrogen-bond acceptors (Lipinski definition) is 4. The number of nitrogens with zero attached hydrogens (tertiary/aromatic N) is 2. The molecular weight excluding hydrogens is 314 g/mol. The van der Waals surface area contributed by atoms with Gasteiger partial charge in [0.15, 0.2) is 0 Å². The molecule has 2 aliphatic heterocycles. The second kappa shape index (κ2) is 7.51. The lowest BCUT2D eigenvalue weighted by molar-refractivity contribution is -0.130. The molecule has 0 aromatic heterocycles. The zero-order valence-electron chi connectivity index (χ0n) is 13.5. The fraction of sp³-hybridized carbons (Fsp3) is 0.588. The molecule has 0 spiro atoms. The summed E-state index contributed by atoms with van der Waals surface area (Å²) >= 11 is 6.05. The Balaban J connectivity index is 1.45. The molecule has 2 saturated heterocycles. The van der Waals surface area contributed by atoms with E-state index in [1.807, 2.05) is 23.1 Å². The van der Waals surface area contributed by atoms with Gasteiger partial charge in [0.05, 0.1) is 12.6 Å². The molecule has 0 radical (unpaired) electrons. The second-order valence-electron chi connectivity index (χ2n) is 6.20. The van der Waals surface area contributed by atoms with Crippen molar-refractivity contribution in [3.05, 3.63) is 29.3 Å². The molecule has 1 aromatic rings. The largest absolute Gasteiger partial charge is 0.377 e. The van der Waals surface area contributed by atoms with E-state index in [1.54, 1.807) is 0 Å². The van der Waals surface area contributed by atoms with Gasteiger partial charge in [-0.15, -0.1) is 0 Å². The molecule has 2 atom stereocenters. The average Bonchev–Trinajstić information content (AvgIpc) is 2.98. The number of halogens is 1. The van der Waals surface area contributed by atoms with Gasteiger partial charge in [-0.1, -0.05) is 17.7 Å². The van der Waals surface area contributed by atoms with Crippen molar-refractivity contribution in [3.63, 3.8) is 0 Å². The van der Waals surface area contributed by atoms with Gasteiger partial charge in [0.1, 0.15) is 0 Å². The zero-order valence-corrected chi connectivity index (χ0v) is 14.3. The Bertz CT molecular complexity index is 546. The first-order valence-corrected chi connectivity index (χ1v) is 8.64. The van der Waals surface area contributed by atoms with Crippen LogP contribution in [0.25, 0.3) is 0 Å². The number of ether oxygens (including phenoxy) is 1. The number of carbonyl (C=O) groups excluding carboxylic acids is 1. The Morgan fingerprint density at radius 2 is 2.13 bits per heavy atom. The molecule has 2 aliphatic rings. The van der Waals surface area contributed by atoms with Crippen LogP contribution in [0.3, 0.4) is 0 Å². The second-order valence-corrected chi connectivity index (χ2v) is 6.64. The van der Waals surface area contributed by atoms with Gasteiger partial charge in [-0.05, 0) is 31.5 Å². The summed E-state index contributed by atoms with van der Waals surface area (Å²) in [5, 5.41) is 4.08. The van der Waals surface area contributed by atoms with Crippen LogP contribution in [-0.2, 0) is 9.53 Å². The number of benzene rings is 1. The Morgan fingerprint density at radius 3 is 2.78 bits per heavy atom. The molecule has 1 N–H and O–H groups in total. The summed E-state index contributed by atoms with van der Waals surface area (Å²) < 4.78 is 5.51. The van der Waals surface area contributed by atoms with Gasteiger partial charge in [-0.25, -0.2) is 0 Å². The number of hydrogen-bond donors (Lipinski definition) is 1. The zero-order chi connectivity index (χ0) is 16.2. The molecule has 2 fully saturated rings. The van der Waals surface area contributed by atoms with Crippen molar-refractivity contribution in [2.45, 2.75) is 25.5 Å². The molecule has 6 heteroatoms. The van der Waals surface area contributed by atoms with Crippen molar-refractivity contribution in [1.29, 1.82) is 0 Å². The quantitative estimate of drug-likeness (QED) is 0.909. The van der Waals surface area contributed by atoms with Crippen molar-refractivity contribution in [3.8, 4) is 0 Å². The Labute approximate surface area is 142 Å². The first-order chi connectivity index (χ1) is 11.1. The first kappa shape index (κ1) is 16.6. The van der Waals surface area contributed by atoms with Crippen molar-refractivity contribution >= 4 is 23.2 Å². The molecule has 3 rings (SSSR count). The third kappa shape index (κ3) is 4.16. The van der Waals surface area contributed by atoms with Crippen LogP contribution in [0, 0.1) is 0 Å². The average molecular weight is 338 g/mol. The predicted molar refractivity (Wildman–Crippen MR) is 92.1 cm³/mol. The number of amides is 1. The number of anilines is 1. The van der Waals surface area contributed by atoms with E-state index in [4.69, 9.17) is 16.3 Å². The van der Waals surface area contributed by atoms with Crippen LogP contribution in [-0.4, -0.2) is 62.3 Å². The Kier molecular flexibility index (Phi) is 5.41. The van der Waals surface area contributed by atoms with E-state index in [1.165, 1.54) is 0 Å². The molecule has 0 bridgehead atoms. The number of piperazine rings is 1. The highest BCUT2D eigenvalue weighted by molar-refractivity contribution is 6.30. The summed E-state index contributed by atoms with van der Waals surface area (Å²) in [7, 11) is 0. The van der Waals surface area contributed by atoms with E-state index >= 15 is 0 Å². The minimum Gasteiger partial charge on any atom is -0.377 e. The lowest BCUT2D eigenvalue weighted by Gasteiger charge is -2.36. The van der Waals surface area contributed by atoms with Crippen LogP contribution in [0.1, 0.15) is 13.3 Å². The molecule has 5 nitrogen and oxygen atoms in total. The fourth-order valence-electron chi connectivity index (χ4n) is 3.22. The van der Waals surface area contributed by atoms with E-state index < -0.39 is 0 Å². The topological polar surface area (TPSA) is 44.8 Å². The van der Waals surface area contributed by atoms with Gasteiger partial charge in [-0.2, -0.15) is 0 Å². The predicted octanol–water partition coefficient (Wildman–Crippen LogP) is 1.76. The van der Waals surface area contributed by atoms with Crippen LogP contribution in [0.4, 0.5) is 5.69 Å². The molecule has 0 unspecified atom stereocenters. The maximum absolute atomic E-state index is 12.3. The molecule has 0 aliphatic carbocycles. The van der Waals surface area contributed by atoms with E-state index in [0.29, 0.717) is 12.6 Å². The van der Waals surface area contributed by atoms with Crippen LogP contribution < -0.4 is 10.2 Å². The van der Waals surface area contributed by atoms with E-state index in [-0.39, 0.29) is 12.0 Å². The maximum atomic E-state index is 12.3. The van der Waals surface area contributed by atoms with E-state index in [9.17, 15) is 4.79 Å². The monoisotopic (exact) mass is 337 g/mol. The summed E-state index contributed by atoms with van der Waals surface area (Å²) in [6.45, 7) is 6.43. The van der Waals surface area contributed by atoms with Crippen LogP contribution in [0.2, 0.25) is 5.02 Å². The Morgan fingerprint density at radius 1 is 1.35 bits per heavy atom. The van der Waals surface area contributed by atoms with E-state index in [0.717, 1.165) is 49.9 Å². The molecule has 23 heavy (non-hydrogen) atoms. The highest BCUT2D eigenvalue weighted by Crippen LogP contribution is 2.20. The SMILES string of the molecule is C[C@H]1OCC[C@@H]1NCC(=O)N1CCN(c2cccc(Cl)c2)CC1. The molecule has 2 heterocycles. The molecule has 1 amide bonds. The summed E-state index contributed by atoms with van der Waals surface area (Å²) in [5.74, 6) is 0.176. The molecular formula is C17H24ClN3O2. The van der Waals surface area contributed by atoms with Crippen molar-refractivity contribution in [1.82, 2.24) is 10.2 Å². The van der Waals surface area contributed by atoms with E-state index in [2.05, 4.69) is 23.2 Å². The third-order valence-corrected chi connectivity index (χ3v) is 4.93. The summed E-state index contributed by atoms with van der Waals surface area (Å²) in [4.78, 5) is 16.6. The maximum Gasteiger partial charge on any atom is 0.236 e. The summed E-state index contributed by atoms with van der Waals surface area (Å²) in [6.07, 6.45) is 1.18. The number of nitrogens with one attached hydrogen (secondary N) is 1. The van der Waals surface area contributed by atoms with Gasteiger partial charge >= 0.3 is 0 Å². The highest BCUT2D eigenvalue weighted by Gasteiger charge is 2.26. The van der Waals surface area contributed by atoms with Crippen molar-refractivity contribution in [2.75, 3.05) is 44.2 Å². The number of rotatable bonds is 4. The standard InChI is InChI=1S/C17H24ClN3O2/c1-13-16(5-10-23-13)19-12-17(22)21-8-6-20(7-9-21)15-4-2-3-14(18)11-15/h2-4,11,13,16,19H,5-10,12H2,1H3/t13-,16+/m1/s1. The lowest BCUT2D eigenvalue weighted by atomic mass is 10.1. The normalized spacial score (nSPS) is 25.0. The first-order valence-electron chi connectivity index (χ1n) is 8.27. The van der Waals surface area contributed by atoms with Gasteiger partial charge in [0.25, 0.3) is 0 Å². The minimum atomic E-state index is 0.176. The summed E-state index contributed by atoms with van der Waals surface area (Å²) in [6, 6.07) is 8.18. The Hall–Kier alpha value is -1.30. The third-order valence-electron chi connectivity index (χ3n) is 4.70. The van der Waals surface area contributed by atoms with Crippen LogP contribution in [0.15, 0.2) is 24.3 Å². The van der Waals surface area contributed by atoms with Crippen molar-refractivity contribution < 1.29 is 9.53 Å². The number of carbonyl (C=O) groups is 1.